The van der Waals surface area contributed by atoms with Crippen molar-refractivity contribution in [3.05, 3.63) is 35.4 Å². The van der Waals surface area contributed by atoms with Crippen LogP contribution in [0.25, 0.3) is 0 Å². The first-order valence-electron chi connectivity index (χ1n) is 8.58. The second-order valence-electron chi connectivity index (χ2n) is 7.20. The minimum absolute atomic E-state index is 0.0171. The van der Waals surface area contributed by atoms with E-state index in [1.54, 1.807) is 32.3 Å². The Morgan fingerprint density at radius 2 is 1.88 bits per heavy atom. The van der Waals surface area contributed by atoms with Crippen molar-refractivity contribution in [3.63, 3.8) is 0 Å². The zero-order valence-electron chi connectivity index (χ0n) is 14.4. The maximum absolute atomic E-state index is 12.9. The summed E-state index contributed by atoms with van der Waals surface area (Å²) in [5.74, 6) is -0.178. The second-order valence-corrected chi connectivity index (χ2v) is 7.20. The standard InChI is InChI=1S/C19H24N2O3/c1-20(2)17(23)15-8-6-7-14(11-15)13-21-16(22)12-19(18(21)24)9-4-3-5-10-19/h6-8,11H,3-5,9-10,12-13H2,1-2H3. The first-order chi connectivity index (χ1) is 11.4. The van der Waals surface area contributed by atoms with Gasteiger partial charge in [-0.25, -0.2) is 0 Å². The van der Waals surface area contributed by atoms with Gasteiger partial charge in [-0.05, 0) is 30.5 Å². The Bertz CT molecular complexity index is 675. The Hall–Kier alpha value is -2.17. The van der Waals surface area contributed by atoms with Gasteiger partial charge in [0.1, 0.15) is 0 Å². The highest BCUT2D eigenvalue weighted by Gasteiger charge is 2.51. The van der Waals surface area contributed by atoms with Gasteiger partial charge in [-0.15, -0.1) is 0 Å². The third-order valence-electron chi connectivity index (χ3n) is 5.22. The number of rotatable bonds is 3. The zero-order chi connectivity index (χ0) is 17.3. The number of amides is 3. The van der Waals surface area contributed by atoms with Crippen molar-refractivity contribution in [2.24, 2.45) is 5.41 Å². The van der Waals surface area contributed by atoms with Gasteiger partial charge in [0.05, 0.1) is 12.0 Å². The molecule has 1 aliphatic heterocycles. The molecule has 0 unspecified atom stereocenters. The topological polar surface area (TPSA) is 57.7 Å². The summed E-state index contributed by atoms with van der Waals surface area (Å²) in [6, 6.07) is 7.18. The molecular weight excluding hydrogens is 304 g/mol. The smallest absolute Gasteiger partial charge is 0.253 e. The predicted octanol–water partition coefficient (Wildman–Crippen LogP) is 2.60. The van der Waals surface area contributed by atoms with Crippen LogP contribution in [0.5, 0.6) is 0 Å². The van der Waals surface area contributed by atoms with Crippen LogP contribution in [0.3, 0.4) is 0 Å². The van der Waals surface area contributed by atoms with E-state index in [0.717, 1.165) is 37.7 Å². The van der Waals surface area contributed by atoms with E-state index in [4.69, 9.17) is 0 Å². The van der Waals surface area contributed by atoms with Gasteiger partial charge in [-0.1, -0.05) is 31.4 Å². The van der Waals surface area contributed by atoms with E-state index >= 15 is 0 Å². The number of nitrogens with zero attached hydrogens (tertiary/aromatic N) is 2. The molecule has 24 heavy (non-hydrogen) atoms. The highest BCUT2D eigenvalue weighted by molar-refractivity contribution is 6.05. The monoisotopic (exact) mass is 328 g/mol. The quantitative estimate of drug-likeness (QED) is 0.801. The molecule has 5 heteroatoms. The van der Waals surface area contributed by atoms with Gasteiger partial charge in [0, 0.05) is 26.1 Å². The van der Waals surface area contributed by atoms with Gasteiger partial charge in [-0.2, -0.15) is 0 Å². The van der Waals surface area contributed by atoms with E-state index in [1.165, 1.54) is 9.80 Å². The number of carbonyl (C=O) groups excluding carboxylic acids is 3. The lowest BCUT2D eigenvalue weighted by atomic mass is 9.73. The number of likely N-dealkylation sites (tertiary alicyclic amines) is 1. The van der Waals surface area contributed by atoms with E-state index in [1.807, 2.05) is 6.07 Å². The molecule has 1 aromatic rings. The van der Waals surface area contributed by atoms with E-state index in [2.05, 4.69) is 0 Å². The van der Waals surface area contributed by atoms with Crippen molar-refractivity contribution in [1.82, 2.24) is 9.80 Å². The summed E-state index contributed by atoms with van der Waals surface area (Å²) in [5.41, 5.74) is 0.938. The predicted molar refractivity (Wildman–Crippen MR) is 90.2 cm³/mol. The van der Waals surface area contributed by atoms with Crippen LogP contribution in [-0.4, -0.2) is 41.6 Å². The lowest BCUT2D eigenvalue weighted by Crippen LogP contribution is -2.36. The molecule has 3 rings (SSSR count). The Balaban J connectivity index is 1.79. The van der Waals surface area contributed by atoms with Crippen LogP contribution in [0.15, 0.2) is 24.3 Å². The maximum Gasteiger partial charge on any atom is 0.253 e. The summed E-state index contributed by atoms with van der Waals surface area (Å²) in [7, 11) is 3.41. The minimum Gasteiger partial charge on any atom is -0.345 e. The molecule has 2 aliphatic rings. The summed E-state index contributed by atoms with van der Waals surface area (Å²) in [4.78, 5) is 40.3. The van der Waals surface area contributed by atoms with Crippen molar-refractivity contribution in [1.29, 1.82) is 0 Å². The normalized spacial score (nSPS) is 19.8. The van der Waals surface area contributed by atoms with E-state index in [0.29, 0.717) is 12.0 Å². The number of imide groups is 1. The first kappa shape index (κ1) is 16.7. The van der Waals surface area contributed by atoms with Crippen molar-refractivity contribution >= 4 is 17.7 Å². The molecule has 1 spiro atoms. The Morgan fingerprint density at radius 1 is 1.17 bits per heavy atom. The fraction of sp³-hybridized carbons (Fsp3) is 0.526. The molecule has 2 fully saturated rings. The van der Waals surface area contributed by atoms with Gasteiger partial charge >= 0.3 is 0 Å². The molecule has 0 radical (unpaired) electrons. The molecule has 0 aromatic heterocycles. The van der Waals surface area contributed by atoms with Crippen LogP contribution < -0.4 is 0 Å². The summed E-state index contributed by atoms with van der Waals surface area (Å²) >= 11 is 0. The zero-order valence-corrected chi connectivity index (χ0v) is 14.4. The molecule has 5 nitrogen and oxygen atoms in total. The molecule has 0 N–H and O–H groups in total. The number of carbonyl (C=O) groups is 3. The van der Waals surface area contributed by atoms with Crippen molar-refractivity contribution in [2.75, 3.05) is 14.1 Å². The summed E-state index contributed by atoms with van der Waals surface area (Å²) in [6.07, 6.45) is 5.21. The van der Waals surface area contributed by atoms with Gasteiger partial charge in [0.25, 0.3) is 5.91 Å². The highest BCUT2D eigenvalue weighted by Crippen LogP contribution is 2.45. The van der Waals surface area contributed by atoms with E-state index in [9.17, 15) is 14.4 Å². The molecule has 0 bridgehead atoms. The highest BCUT2D eigenvalue weighted by atomic mass is 16.2. The second kappa shape index (κ2) is 6.38. The third kappa shape index (κ3) is 2.95. The van der Waals surface area contributed by atoms with E-state index in [-0.39, 0.29) is 24.3 Å². The lowest BCUT2D eigenvalue weighted by molar-refractivity contribution is -0.142. The summed E-state index contributed by atoms with van der Waals surface area (Å²) < 4.78 is 0. The molecule has 1 aromatic carbocycles. The van der Waals surface area contributed by atoms with Gasteiger partial charge in [0.15, 0.2) is 0 Å². The number of hydrogen-bond acceptors (Lipinski definition) is 3. The van der Waals surface area contributed by atoms with Crippen LogP contribution >= 0.6 is 0 Å². The average Bonchev–Trinajstić information content (AvgIpc) is 2.79. The molecule has 0 atom stereocenters. The summed E-state index contributed by atoms with van der Waals surface area (Å²) in [5, 5.41) is 0. The average molecular weight is 328 g/mol. The molecule has 3 amide bonds. The fourth-order valence-electron chi connectivity index (χ4n) is 3.88. The lowest BCUT2D eigenvalue weighted by Gasteiger charge is -2.30. The molecule has 128 valence electrons. The molecular formula is C19H24N2O3. The van der Waals surface area contributed by atoms with Crippen LogP contribution in [0.1, 0.15) is 54.4 Å². The Kier molecular flexibility index (Phi) is 4.43. The van der Waals surface area contributed by atoms with Gasteiger partial charge in [0.2, 0.25) is 11.8 Å². The number of hydrogen-bond donors (Lipinski definition) is 0. The van der Waals surface area contributed by atoms with Crippen LogP contribution in [-0.2, 0) is 16.1 Å². The number of benzene rings is 1. The van der Waals surface area contributed by atoms with Gasteiger partial charge in [-0.3, -0.25) is 19.3 Å². The molecule has 1 aliphatic carbocycles. The molecule has 1 saturated heterocycles. The third-order valence-corrected chi connectivity index (χ3v) is 5.22. The van der Waals surface area contributed by atoms with Crippen molar-refractivity contribution in [3.8, 4) is 0 Å². The van der Waals surface area contributed by atoms with Crippen molar-refractivity contribution in [2.45, 2.75) is 45.1 Å². The molecule has 1 saturated carbocycles. The minimum atomic E-state index is -0.452. The Labute approximate surface area is 142 Å². The van der Waals surface area contributed by atoms with Crippen LogP contribution in [0, 0.1) is 5.41 Å². The fourth-order valence-corrected chi connectivity index (χ4v) is 3.88. The largest absolute Gasteiger partial charge is 0.345 e. The van der Waals surface area contributed by atoms with Crippen LogP contribution in [0.2, 0.25) is 0 Å². The van der Waals surface area contributed by atoms with Gasteiger partial charge < -0.3 is 4.90 Å². The maximum atomic E-state index is 12.9. The summed E-state index contributed by atoms with van der Waals surface area (Å²) in [6.45, 7) is 0.258. The van der Waals surface area contributed by atoms with E-state index < -0.39 is 5.41 Å². The molecule has 1 heterocycles. The Morgan fingerprint density at radius 3 is 2.54 bits per heavy atom. The van der Waals surface area contributed by atoms with Crippen LogP contribution in [0.4, 0.5) is 0 Å². The SMILES string of the molecule is CN(C)C(=O)c1cccc(CN2C(=O)CC3(CCCCC3)C2=O)c1. The first-order valence-corrected chi connectivity index (χ1v) is 8.58. The van der Waals surface area contributed by atoms with Crippen molar-refractivity contribution < 1.29 is 14.4 Å².